The molecule has 132 valence electrons. The molecule has 0 bridgehead atoms. The molecule has 0 saturated heterocycles. The quantitative estimate of drug-likeness (QED) is 0.466. The Bertz CT molecular complexity index is 939. The van der Waals surface area contributed by atoms with Crippen molar-refractivity contribution in [2.75, 3.05) is 16.4 Å². The Morgan fingerprint density at radius 3 is 2.15 bits per heavy atom. The van der Waals surface area contributed by atoms with Gasteiger partial charge in [-0.2, -0.15) is 0 Å². The number of nitro groups is 1. The van der Waals surface area contributed by atoms with E-state index < -0.39 is 4.92 Å². The summed E-state index contributed by atoms with van der Waals surface area (Å²) in [5.41, 5.74) is 8.31. The first-order valence-electron chi connectivity index (χ1n) is 7.63. The van der Waals surface area contributed by atoms with Crippen LogP contribution in [-0.4, -0.2) is 24.9 Å². The number of benzene rings is 1. The third-order valence-electron chi connectivity index (χ3n) is 3.42. The topological polar surface area (TPSA) is 145 Å². The maximum Gasteiger partial charge on any atom is 0.353 e. The Labute approximate surface area is 148 Å². The summed E-state index contributed by atoms with van der Waals surface area (Å²) in [7, 11) is 0. The zero-order valence-corrected chi connectivity index (χ0v) is 14.1. The summed E-state index contributed by atoms with van der Waals surface area (Å²) < 4.78 is 0. The summed E-state index contributed by atoms with van der Waals surface area (Å²) >= 11 is 0. The largest absolute Gasteiger partial charge is 0.378 e. The number of hydrogen-bond donors (Lipinski definition) is 3. The van der Waals surface area contributed by atoms with Crippen molar-refractivity contribution in [3.63, 3.8) is 0 Å². The van der Waals surface area contributed by atoms with Gasteiger partial charge in [0, 0.05) is 22.8 Å². The average Bonchev–Trinajstić information content (AvgIpc) is 2.55. The number of aromatic nitrogens is 4. The van der Waals surface area contributed by atoms with Crippen LogP contribution in [0.3, 0.4) is 0 Å². The number of nitrogens with one attached hydrogen (secondary N) is 2. The van der Waals surface area contributed by atoms with Crippen LogP contribution in [0.4, 0.5) is 34.6 Å². The zero-order chi connectivity index (χ0) is 18.7. The molecule has 10 nitrogen and oxygen atoms in total. The van der Waals surface area contributed by atoms with Crippen LogP contribution in [-0.2, 0) is 0 Å². The predicted octanol–water partition coefficient (Wildman–Crippen LogP) is 2.86. The van der Waals surface area contributed by atoms with Gasteiger partial charge >= 0.3 is 5.69 Å². The summed E-state index contributed by atoms with van der Waals surface area (Å²) in [5.74, 6) is 0.334. The number of rotatable bonds is 5. The summed E-state index contributed by atoms with van der Waals surface area (Å²) in [6, 6.07) is 8.96. The Morgan fingerprint density at radius 2 is 1.58 bits per heavy atom. The van der Waals surface area contributed by atoms with Crippen molar-refractivity contribution in [2.24, 2.45) is 0 Å². The molecule has 0 aliphatic rings. The summed E-state index contributed by atoms with van der Waals surface area (Å²) in [5, 5.41) is 17.1. The first-order valence-corrected chi connectivity index (χ1v) is 7.63. The van der Waals surface area contributed by atoms with E-state index in [-0.39, 0.29) is 17.3 Å². The van der Waals surface area contributed by atoms with Crippen LogP contribution in [0.5, 0.6) is 0 Å². The van der Waals surface area contributed by atoms with E-state index in [0.717, 1.165) is 23.4 Å². The van der Waals surface area contributed by atoms with Gasteiger partial charge in [0.2, 0.25) is 17.6 Å². The molecule has 10 heteroatoms. The second-order valence-electron chi connectivity index (χ2n) is 5.51. The summed E-state index contributed by atoms with van der Waals surface area (Å²) in [6.45, 7) is 3.79. The smallest absolute Gasteiger partial charge is 0.353 e. The minimum Gasteiger partial charge on any atom is -0.378 e. The third kappa shape index (κ3) is 3.80. The molecular weight excluding hydrogens is 336 g/mol. The van der Waals surface area contributed by atoms with E-state index >= 15 is 0 Å². The molecule has 1 aromatic carbocycles. The second-order valence-corrected chi connectivity index (χ2v) is 5.51. The van der Waals surface area contributed by atoms with Crippen molar-refractivity contribution in [3.05, 3.63) is 58.2 Å². The number of nitrogen functional groups attached to an aromatic ring is 1. The van der Waals surface area contributed by atoms with Gasteiger partial charge in [0.05, 0.1) is 4.92 Å². The van der Waals surface area contributed by atoms with Gasteiger partial charge in [0.1, 0.15) is 6.33 Å². The fraction of sp³-hybridized carbons (Fsp3) is 0.125. The Kier molecular flexibility index (Phi) is 4.56. The average molecular weight is 352 g/mol. The Morgan fingerprint density at radius 1 is 1.00 bits per heavy atom. The molecule has 3 aromatic rings. The first kappa shape index (κ1) is 17.0. The fourth-order valence-electron chi connectivity index (χ4n) is 2.35. The van der Waals surface area contributed by atoms with E-state index in [1.54, 1.807) is 24.3 Å². The molecule has 26 heavy (non-hydrogen) atoms. The van der Waals surface area contributed by atoms with Gasteiger partial charge in [-0.15, -0.1) is 0 Å². The molecule has 0 aliphatic carbocycles. The lowest BCUT2D eigenvalue weighted by Crippen LogP contribution is -2.05. The minimum absolute atomic E-state index is 0.0286. The van der Waals surface area contributed by atoms with E-state index in [0.29, 0.717) is 11.6 Å². The van der Waals surface area contributed by atoms with E-state index in [2.05, 4.69) is 30.6 Å². The zero-order valence-electron chi connectivity index (χ0n) is 14.1. The molecule has 0 radical (unpaired) electrons. The van der Waals surface area contributed by atoms with Crippen LogP contribution >= 0.6 is 0 Å². The van der Waals surface area contributed by atoms with Crippen molar-refractivity contribution in [2.45, 2.75) is 13.8 Å². The van der Waals surface area contributed by atoms with E-state index in [4.69, 9.17) is 5.73 Å². The van der Waals surface area contributed by atoms with Crippen molar-refractivity contribution in [1.29, 1.82) is 0 Å². The molecule has 4 N–H and O–H groups in total. The number of anilines is 5. The molecule has 3 rings (SSSR count). The lowest BCUT2D eigenvalue weighted by molar-refractivity contribution is -0.383. The number of hydrogen-bond acceptors (Lipinski definition) is 9. The Balaban J connectivity index is 1.78. The summed E-state index contributed by atoms with van der Waals surface area (Å²) in [4.78, 5) is 26.7. The van der Waals surface area contributed by atoms with E-state index in [9.17, 15) is 10.1 Å². The highest BCUT2D eigenvalue weighted by Gasteiger charge is 2.20. The SMILES string of the molecule is Cc1cc(C)nc(Nc2ccc(Nc3ncnc(N)c3[N+](=O)[O-])cc2)n1. The third-order valence-corrected chi connectivity index (χ3v) is 3.42. The van der Waals surface area contributed by atoms with Crippen molar-refractivity contribution >= 4 is 34.6 Å². The normalized spacial score (nSPS) is 10.4. The molecule has 2 heterocycles. The van der Waals surface area contributed by atoms with Crippen molar-refractivity contribution < 1.29 is 4.92 Å². The van der Waals surface area contributed by atoms with Crippen LogP contribution in [0, 0.1) is 24.0 Å². The maximum atomic E-state index is 11.1. The van der Waals surface area contributed by atoms with Gasteiger partial charge < -0.3 is 16.4 Å². The lowest BCUT2D eigenvalue weighted by atomic mass is 10.2. The van der Waals surface area contributed by atoms with E-state index in [1.807, 2.05) is 19.9 Å². The van der Waals surface area contributed by atoms with Crippen molar-refractivity contribution in [3.8, 4) is 0 Å². The fourth-order valence-corrected chi connectivity index (χ4v) is 2.35. The molecule has 0 spiro atoms. The van der Waals surface area contributed by atoms with Crippen LogP contribution in [0.15, 0.2) is 36.7 Å². The number of nitrogens with zero attached hydrogens (tertiary/aromatic N) is 5. The molecule has 0 atom stereocenters. The highest BCUT2D eigenvalue weighted by Crippen LogP contribution is 2.29. The highest BCUT2D eigenvalue weighted by atomic mass is 16.6. The number of aryl methyl sites for hydroxylation is 2. The molecule has 2 aromatic heterocycles. The van der Waals surface area contributed by atoms with Crippen LogP contribution in [0.2, 0.25) is 0 Å². The maximum absolute atomic E-state index is 11.1. The van der Waals surface area contributed by atoms with Gasteiger partial charge in [0.25, 0.3) is 0 Å². The monoisotopic (exact) mass is 352 g/mol. The Hall–Kier alpha value is -3.82. The van der Waals surface area contributed by atoms with Crippen LogP contribution in [0.1, 0.15) is 11.4 Å². The lowest BCUT2D eigenvalue weighted by Gasteiger charge is -2.09. The van der Waals surface area contributed by atoms with Gasteiger partial charge in [-0.3, -0.25) is 10.1 Å². The summed E-state index contributed by atoms with van der Waals surface area (Å²) in [6.07, 6.45) is 1.16. The predicted molar refractivity (Wildman–Crippen MR) is 97.6 cm³/mol. The van der Waals surface area contributed by atoms with Crippen molar-refractivity contribution in [1.82, 2.24) is 19.9 Å². The van der Waals surface area contributed by atoms with Gasteiger partial charge in [0.15, 0.2) is 0 Å². The highest BCUT2D eigenvalue weighted by molar-refractivity contribution is 5.73. The second kappa shape index (κ2) is 6.97. The molecule has 0 saturated carbocycles. The van der Waals surface area contributed by atoms with E-state index in [1.165, 1.54) is 0 Å². The van der Waals surface area contributed by atoms with Crippen LogP contribution in [0.25, 0.3) is 0 Å². The minimum atomic E-state index is -0.620. The van der Waals surface area contributed by atoms with Gasteiger partial charge in [-0.25, -0.2) is 19.9 Å². The molecule has 0 amide bonds. The molecular formula is C16H16N8O2. The molecule has 0 fully saturated rings. The van der Waals surface area contributed by atoms with Crippen LogP contribution < -0.4 is 16.4 Å². The first-order chi connectivity index (χ1) is 12.4. The molecule has 0 unspecified atom stereocenters. The van der Waals surface area contributed by atoms with Gasteiger partial charge in [-0.05, 0) is 44.2 Å². The standard InChI is InChI=1S/C16H16N8O2/c1-9-7-10(2)21-16(20-9)23-12-5-3-11(4-6-12)22-15-13(24(25)26)14(17)18-8-19-15/h3-8H,1-2H3,(H,20,21,23)(H3,17,18,19,22). The molecule has 0 aliphatic heterocycles. The van der Waals surface area contributed by atoms with Gasteiger partial charge in [-0.1, -0.05) is 0 Å². The number of nitrogens with two attached hydrogens (primary N) is 1.